The number of benzene rings is 1. The molecule has 3 aromatic rings. The second-order valence-electron chi connectivity index (χ2n) is 9.13. The van der Waals surface area contributed by atoms with E-state index in [1.165, 1.54) is 16.7 Å². The van der Waals surface area contributed by atoms with Gasteiger partial charge in [-0.2, -0.15) is 0 Å². The molecule has 1 aliphatic rings. The normalized spacial score (nSPS) is 15.5. The van der Waals surface area contributed by atoms with Crippen molar-refractivity contribution in [3.8, 4) is 16.3 Å². The number of aromatic hydroxyl groups is 1. The van der Waals surface area contributed by atoms with Gasteiger partial charge in [0, 0.05) is 22.9 Å². The maximum atomic E-state index is 13.3. The van der Waals surface area contributed by atoms with Crippen LogP contribution >= 0.6 is 11.3 Å². The summed E-state index contributed by atoms with van der Waals surface area (Å²) in [7, 11) is -4.05. The van der Waals surface area contributed by atoms with E-state index in [0.29, 0.717) is 35.6 Å². The number of thiazole rings is 1. The lowest BCUT2D eigenvalue weighted by atomic mass is 9.92. The fourth-order valence-electron chi connectivity index (χ4n) is 4.37. The molecule has 0 radical (unpaired) electrons. The van der Waals surface area contributed by atoms with Gasteiger partial charge in [-0.25, -0.2) is 22.9 Å². The summed E-state index contributed by atoms with van der Waals surface area (Å²) in [5, 5.41) is 13.1. The highest BCUT2D eigenvalue weighted by Gasteiger charge is 2.31. The molecule has 0 fully saturated rings. The zero-order valence-electron chi connectivity index (χ0n) is 19.4. The van der Waals surface area contributed by atoms with E-state index >= 15 is 0 Å². The van der Waals surface area contributed by atoms with Gasteiger partial charge >= 0.3 is 5.63 Å². The molecule has 182 valence electrons. The summed E-state index contributed by atoms with van der Waals surface area (Å²) in [6, 6.07) is 8.41. The molecular weight excluding hydrogens is 472 g/mol. The lowest BCUT2D eigenvalue weighted by molar-refractivity contribution is 0.367. The van der Waals surface area contributed by atoms with Crippen molar-refractivity contribution in [3.63, 3.8) is 0 Å². The number of hydrogen-bond acceptors (Lipinski definition) is 7. The first-order chi connectivity index (χ1) is 16.3. The predicted molar refractivity (Wildman–Crippen MR) is 133 cm³/mol. The van der Waals surface area contributed by atoms with Gasteiger partial charge in [-0.3, -0.25) is 0 Å². The third kappa shape index (κ3) is 5.42. The van der Waals surface area contributed by atoms with Crippen molar-refractivity contribution in [2.45, 2.75) is 69.9 Å². The Bertz CT molecular complexity index is 1300. The Morgan fingerprint density at radius 3 is 2.53 bits per heavy atom. The van der Waals surface area contributed by atoms with Crippen LogP contribution in [0.2, 0.25) is 0 Å². The quantitative estimate of drug-likeness (QED) is 0.460. The highest BCUT2D eigenvalue weighted by molar-refractivity contribution is 7.89. The van der Waals surface area contributed by atoms with E-state index in [-0.39, 0.29) is 22.3 Å². The van der Waals surface area contributed by atoms with Crippen LogP contribution in [-0.2, 0) is 22.9 Å². The van der Waals surface area contributed by atoms with Gasteiger partial charge in [0.1, 0.15) is 16.5 Å². The molecule has 9 heteroatoms. The number of aromatic nitrogens is 1. The lowest BCUT2D eigenvalue weighted by Gasteiger charge is -2.23. The monoisotopic (exact) mass is 502 g/mol. The topological polar surface area (TPSA) is 110 Å². The number of sulfonamides is 1. The first-order valence-corrected chi connectivity index (χ1v) is 14.0. The molecule has 2 heterocycles. The number of nitrogens with one attached hydrogen (secondary N) is 1. The van der Waals surface area contributed by atoms with Crippen molar-refractivity contribution in [3.05, 3.63) is 63.0 Å². The van der Waals surface area contributed by atoms with Gasteiger partial charge < -0.3 is 9.52 Å². The van der Waals surface area contributed by atoms with Gasteiger partial charge in [-0.05, 0) is 31.6 Å². The summed E-state index contributed by atoms with van der Waals surface area (Å²) in [4.78, 5) is 17.3. The molecule has 1 atom stereocenters. The molecule has 0 amide bonds. The van der Waals surface area contributed by atoms with Gasteiger partial charge in [0.2, 0.25) is 0 Å². The molecule has 0 saturated carbocycles. The average molecular weight is 503 g/mol. The van der Waals surface area contributed by atoms with Gasteiger partial charge in [-0.1, -0.05) is 57.0 Å². The van der Waals surface area contributed by atoms with E-state index < -0.39 is 21.7 Å². The lowest BCUT2D eigenvalue weighted by Crippen LogP contribution is -2.33. The smallest absolute Gasteiger partial charge is 0.344 e. The summed E-state index contributed by atoms with van der Waals surface area (Å²) in [5.74, 6) is 0.442. The molecule has 4 rings (SSSR count). The third-order valence-electron chi connectivity index (χ3n) is 6.03. The second kappa shape index (κ2) is 10.4. The Kier molecular flexibility index (Phi) is 7.54. The zero-order chi connectivity index (χ0) is 24.3. The van der Waals surface area contributed by atoms with Crippen molar-refractivity contribution in [1.82, 2.24) is 9.71 Å². The van der Waals surface area contributed by atoms with Gasteiger partial charge in [0.05, 0.1) is 11.6 Å². The maximum absolute atomic E-state index is 13.3. The van der Waals surface area contributed by atoms with Crippen LogP contribution in [0.4, 0.5) is 0 Å². The molecule has 0 saturated heterocycles. The molecule has 1 aromatic carbocycles. The Morgan fingerprint density at radius 2 is 1.82 bits per heavy atom. The summed E-state index contributed by atoms with van der Waals surface area (Å²) in [6.45, 7) is 3.87. The fraction of sp³-hybridized carbons (Fsp3) is 0.440. The minimum absolute atomic E-state index is 0.0184. The summed E-state index contributed by atoms with van der Waals surface area (Å²) >= 11 is 1.24. The van der Waals surface area contributed by atoms with Gasteiger partial charge in [0.25, 0.3) is 10.0 Å². The zero-order valence-corrected chi connectivity index (χ0v) is 21.0. The molecule has 1 unspecified atom stereocenters. The molecule has 0 bridgehead atoms. The number of aryl methyl sites for hydroxylation is 1. The van der Waals surface area contributed by atoms with E-state index in [0.717, 1.165) is 31.2 Å². The Balaban J connectivity index is 1.70. The number of rotatable bonds is 7. The third-order valence-corrected chi connectivity index (χ3v) is 8.42. The van der Waals surface area contributed by atoms with Gasteiger partial charge in [0.15, 0.2) is 5.03 Å². The van der Waals surface area contributed by atoms with Crippen molar-refractivity contribution in [2.24, 2.45) is 5.92 Å². The summed E-state index contributed by atoms with van der Waals surface area (Å²) in [6.07, 6.45) is 5.40. The Labute approximate surface area is 203 Å². The summed E-state index contributed by atoms with van der Waals surface area (Å²) in [5.41, 5.74) is 0.749. The maximum Gasteiger partial charge on any atom is 0.344 e. The van der Waals surface area contributed by atoms with Gasteiger partial charge in [-0.15, -0.1) is 11.3 Å². The fourth-order valence-corrected chi connectivity index (χ4v) is 6.69. The minimum Gasteiger partial charge on any atom is -0.507 e. The molecule has 2 aromatic heterocycles. The van der Waals surface area contributed by atoms with Crippen LogP contribution in [-0.4, -0.2) is 18.5 Å². The van der Waals surface area contributed by atoms with Crippen molar-refractivity contribution < 1.29 is 17.9 Å². The first kappa shape index (κ1) is 24.6. The van der Waals surface area contributed by atoms with Crippen LogP contribution in [0.1, 0.15) is 68.9 Å². The van der Waals surface area contributed by atoms with E-state index in [1.54, 1.807) is 0 Å². The van der Waals surface area contributed by atoms with E-state index in [9.17, 15) is 18.3 Å². The number of fused-ring (bicyclic) bond motifs is 1. The molecule has 0 spiro atoms. The van der Waals surface area contributed by atoms with E-state index in [4.69, 9.17) is 4.42 Å². The Morgan fingerprint density at radius 1 is 1.12 bits per heavy atom. The number of nitrogens with zero attached hydrogens (tertiary/aromatic N) is 1. The molecule has 7 nitrogen and oxygen atoms in total. The van der Waals surface area contributed by atoms with E-state index in [1.807, 2.05) is 44.2 Å². The first-order valence-electron chi connectivity index (χ1n) is 11.7. The predicted octanol–water partition coefficient (Wildman–Crippen LogP) is 5.19. The standard InChI is InChI=1S/C25H30N2O5S2/c1-16(2)14-19(22-23(28)18-12-8-3-4-9-13-20(18)32-25(22)29)27-34(30,31)21-15-33-24(26-21)17-10-6-5-7-11-17/h5-7,10-11,15-16,19,27-28H,3-4,8-9,12-14H2,1-2H3. The van der Waals surface area contributed by atoms with Crippen LogP contribution in [0, 0.1) is 5.92 Å². The van der Waals surface area contributed by atoms with E-state index in [2.05, 4.69) is 9.71 Å². The molecular formula is C25H30N2O5S2. The molecule has 34 heavy (non-hydrogen) atoms. The Hall–Kier alpha value is -2.49. The SMILES string of the molecule is CC(C)CC(NS(=O)(=O)c1csc(-c2ccccc2)n1)c1c(O)c2c(oc1=O)CCCCCC2. The molecule has 1 aliphatic carbocycles. The van der Waals surface area contributed by atoms with Crippen LogP contribution in [0.15, 0.2) is 49.9 Å². The highest BCUT2D eigenvalue weighted by atomic mass is 32.2. The largest absolute Gasteiger partial charge is 0.507 e. The number of hydrogen-bond donors (Lipinski definition) is 2. The highest BCUT2D eigenvalue weighted by Crippen LogP contribution is 2.35. The molecule has 0 aliphatic heterocycles. The molecule has 2 N–H and O–H groups in total. The van der Waals surface area contributed by atoms with Crippen molar-refractivity contribution in [1.29, 1.82) is 0 Å². The van der Waals surface area contributed by atoms with Crippen LogP contribution < -0.4 is 10.3 Å². The minimum atomic E-state index is -4.05. The van der Waals surface area contributed by atoms with Crippen molar-refractivity contribution in [2.75, 3.05) is 0 Å². The van der Waals surface area contributed by atoms with Crippen molar-refractivity contribution >= 4 is 21.4 Å². The summed E-state index contributed by atoms with van der Waals surface area (Å²) < 4.78 is 34.8. The average Bonchev–Trinajstić information content (AvgIpc) is 3.26. The van der Waals surface area contributed by atoms with Crippen LogP contribution in [0.5, 0.6) is 5.75 Å². The second-order valence-corrected chi connectivity index (χ2v) is 11.6. The van der Waals surface area contributed by atoms with Crippen LogP contribution in [0.25, 0.3) is 10.6 Å². The van der Waals surface area contributed by atoms with Crippen LogP contribution in [0.3, 0.4) is 0 Å².